The van der Waals surface area contributed by atoms with Crippen molar-refractivity contribution in [1.82, 2.24) is 19.8 Å². The van der Waals surface area contributed by atoms with Crippen LogP contribution in [0.15, 0.2) is 12.4 Å². The number of nitrogens with zero attached hydrogens (tertiary/aromatic N) is 4. The van der Waals surface area contributed by atoms with E-state index in [1.807, 2.05) is 11.8 Å². The van der Waals surface area contributed by atoms with Gasteiger partial charge >= 0.3 is 0 Å². The minimum absolute atomic E-state index is 0.0590. The number of carbonyl (C=O) groups excluding carboxylic acids is 2. The molecule has 1 aromatic rings. The Hall–Kier alpha value is -1.98. The van der Waals surface area contributed by atoms with Gasteiger partial charge in [0.2, 0.25) is 11.8 Å². The first kappa shape index (κ1) is 17.4. The number of likely N-dealkylation sites (tertiary alicyclic amines) is 2. The Balaban J connectivity index is 1.42. The third-order valence-corrected chi connectivity index (χ3v) is 6.11. The van der Waals surface area contributed by atoms with E-state index in [9.17, 15) is 9.59 Å². The number of hydrogen-bond acceptors (Lipinski definition) is 4. The van der Waals surface area contributed by atoms with Gasteiger partial charge in [-0.25, -0.2) is 0 Å². The highest BCUT2D eigenvalue weighted by Crippen LogP contribution is 2.40. The number of aryl methyl sites for hydroxylation is 1. The maximum atomic E-state index is 12.6. The molecule has 0 radical (unpaired) electrons. The normalized spacial score (nSPS) is 26.4. The number of carbonyl (C=O) groups is 2. The minimum Gasteiger partial charge on any atom is -0.342 e. The molecule has 1 atom stereocenters. The summed E-state index contributed by atoms with van der Waals surface area (Å²) in [5.74, 6) is 1.14. The molecule has 0 unspecified atom stereocenters. The van der Waals surface area contributed by atoms with Crippen molar-refractivity contribution in [2.24, 2.45) is 11.3 Å². The molecule has 2 amide bonds. The van der Waals surface area contributed by atoms with Crippen LogP contribution in [-0.4, -0.2) is 51.2 Å². The van der Waals surface area contributed by atoms with Gasteiger partial charge in [0.05, 0.1) is 24.1 Å². The lowest BCUT2D eigenvalue weighted by molar-refractivity contribution is -0.143. The molecule has 140 valence electrons. The van der Waals surface area contributed by atoms with Crippen LogP contribution < -0.4 is 0 Å². The standard InChI is InChI=1S/C20H28N4O2/c1-15-10-22-17(11-21-15)12-24-14-20(7-5-18(24)25)6-2-8-23(13-20)19(26)9-16-3-4-16/h10-11,16H,2-9,12-14H2,1H3/t20-/m0/s1. The molecule has 2 aliphatic heterocycles. The lowest BCUT2D eigenvalue weighted by Gasteiger charge is -2.48. The first-order valence-corrected chi connectivity index (χ1v) is 9.86. The second-order valence-electron chi connectivity index (χ2n) is 8.47. The van der Waals surface area contributed by atoms with Crippen LogP contribution >= 0.6 is 0 Å². The van der Waals surface area contributed by atoms with E-state index in [0.29, 0.717) is 24.8 Å². The average Bonchev–Trinajstić information content (AvgIpc) is 3.44. The molecule has 1 aromatic heterocycles. The second kappa shape index (κ2) is 6.97. The van der Waals surface area contributed by atoms with Gasteiger partial charge in [0.1, 0.15) is 0 Å². The van der Waals surface area contributed by atoms with Crippen molar-refractivity contribution in [3.8, 4) is 0 Å². The summed E-state index contributed by atoms with van der Waals surface area (Å²) in [5.41, 5.74) is 1.77. The summed E-state index contributed by atoms with van der Waals surface area (Å²) in [6.07, 6.45) is 10.3. The molecule has 0 bridgehead atoms. The van der Waals surface area contributed by atoms with E-state index in [-0.39, 0.29) is 11.3 Å². The van der Waals surface area contributed by atoms with Crippen molar-refractivity contribution < 1.29 is 9.59 Å². The lowest BCUT2D eigenvalue weighted by Crippen LogP contribution is -2.54. The van der Waals surface area contributed by atoms with Crippen LogP contribution in [0.4, 0.5) is 0 Å². The summed E-state index contributed by atoms with van der Waals surface area (Å²) in [5, 5.41) is 0. The summed E-state index contributed by atoms with van der Waals surface area (Å²) in [4.78, 5) is 37.7. The van der Waals surface area contributed by atoms with Crippen molar-refractivity contribution >= 4 is 11.8 Å². The fourth-order valence-electron chi connectivity index (χ4n) is 4.39. The molecule has 2 saturated heterocycles. The van der Waals surface area contributed by atoms with E-state index in [2.05, 4.69) is 14.9 Å². The van der Waals surface area contributed by atoms with Gasteiger partial charge < -0.3 is 9.80 Å². The molecule has 26 heavy (non-hydrogen) atoms. The number of amides is 2. The van der Waals surface area contributed by atoms with Crippen LogP contribution in [0.5, 0.6) is 0 Å². The number of hydrogen-bond donors (Lipinski definition) is 0. The molecular formula is C20H28N4O2. The molecule has 1 saturated carbocycles. The molecule has 6 heteroatoms. The van der Waals surface area contributed by atoms with E-state index < -0.39 is 0 Å². The zero-order valence-corrected chi connectivity index (χ0v) is 15.6. The van der Waals surface area contributed by atoms with Gasteiger partial charge in [0.25, 0.3) is 0 Å². The average molecular weight is 356 g/mol. The Morgan fingerprint density at radius 2 is 2.08 bits per heavy atom. The Kier molecular flexibility index (Phi) is 4.67. The van der Waals surface area contributed by atoms with Crippen molar-refractivity contribution in [2.75, 3.05) is 19.6 Å². The summed E-state index contributed by atoms with van der Waals surface area (Å²) in [6.45, 7) is 4.85. The van der Waals surface area contributed by atoms with Crippen LogP contribution in [0.2, 0.25) is 0 Å². The van der Waals surface area contributed by atoms with Crippen LogP contribution in [0.1, 0.15) is 56.3 Å². The van der Waals surface area contributed by atoms with Crippen molar-refractivity contribution in [1.29, 1.82) is 0 Å². The van der Waals surface area contributed by atoms with Gasteiger partial charge in [-0.1, -0.05) is 0 Å². The lowest BCUT2D eigenvalue weighted by atomic mass is 9.73. The summed E-state index contributed by atoms with van der Waals surface area (Å²) >= 11 is 0. The predicted octanol–water partition coefficient (Wildman–Crippen LogP) is 2.32. The molecule has 0 aromatic carbocycles. The Bertz CT molecular complexity index is 686. The van der Waals surface area contributed by atoms with Crippen molar-refractivity contribution in [3.05, 3.63) is 23.8 Å². The second-order valence-corrected chi connectivity index (χ2v) is 8.47. The molecule has 0 N–H and O–H groups in total. The maximum absolute atomic E-state index is 12.6. The highest BCUT2D eigenvalue weighted by atomic mass is 16.2. The quantitative estimate of drug-likeness (QED) is 0.830. The van der Waals surface area contributed by atoms with Crippen LogP contribution in [0, 0.1) is 18.3 Å². The van der Waals surface area contributed by atoms with Crippen molar-refractivity contribution in [3.63, 3.8) is 0 Å². The van der Waals surface area contributed by atoms with E-state index in [1.165, 1.54) is 12.8 Å². The Labute approximate surface area is 155 Å². The molecule has 4 rings (SSSR count). The first-order chi connectivity index (χ1) is 12.5. The van der Waals surface area contributed by atoms with Gasteiger partial charge in [0, 0.05) is 44.1 Å². The van der Waals surface area contributed by atoms with Gasteiger partial charge in [-0.05, 0) is 44.9 Å². The van der Waals surface area contributed by atoms with Gasteiger partial charge in [0.15, 0.2) is 0 Å². The highest BCUT2D eigenvalue weighted by molar-refractivity contribution is 5.78. The van der Waals surface area contributed by atoms with E-state index >= 15 is 0 Å². The number of piperidine rings is 2. The Morgan fingerprint density at radius 1 is 1.23 bits per heavy atom. The maximum Gasteiger partial charge on any atom is 0.222 e. The smallest absolute Gasteiger partial charge is 0.222 e. The number of rotatable bonds is 4. The predicted molar refractivity (Wildman–Crippen MR) is 97.0 cm³/mol. The van der Waals surface area contributed by atoms with Gasteiger partial charge in [-0.3, -0.25) is 19.6 Å². The van der Waals surface area contributed by atoms with Crippen molar-refractivity contribution in [2.45, 2.75) is 58.4 Å². The largest absolute Gasteiger partial charge is 0.342 e. The monoisotopic (exact) mass is 356 g/mol. The van der Waals surface area contributed by atoms with E-state index in [4.69, 9.17) is 0 Å². The van der Waals surface area contributed by atoms with Crippen LogP contribution in [-0.2, 0) is 16.1 Å². The molecule has 3 heterocycles. The summed E-state index contributed by atoms with van der Waals surface area (Å²) in [6, 6.07) is 0. The third kappa shape index (κ3) is 3.89. The summed E-state index contributed by atoms with van der Waals surface area (Å²) < 4.78 is 0. The Morgan fingerprint density at radius 3 is 2.81 bits per heavy atom. The third-order valence-electron chi connectivity index (χ3n) is 6.11. The van der Waals surface area contributed by atoms with Crippen LogP contribution in [0.3, 0.4) is 0 Å². The van der Waals surface area contributed by atoms with Gasteiger partial charge in [-0.15, -0.1) is 0 Å². The SMILES string of the molecule is Cc1cnc(CN2C[C@@]3(CCCN(C(=O)CC4CC4)C3)CCC2=O)cn1. The first-order valence-electron chi connectivity index (χ1n) is 9.86. The molecule has 3 aliphatic rings. The van der Waals surface area contributed by atoms with Crippen LogP contribution in [0.25, 0.3) is 0 Å². The highest BCUT2D eigenvalue weighted by Gasteiger charge is 2.43. The molecule has 1 spiro atoms. The topological polar surface area (TPSA) is 66.4 Å². The van der Waals surface area contributed by atoms with E-state index in [1.54, 1.807) is 12.4 Å². The molecule has 1 aliphatic carbocycles. The molecule has 6 nitrogen and oxygen atoms in total. The number of aromatic nitrogens is 2. The zero-order valence-electron chi connectivity index (χ0n) is 15.6. The molecular weight excluding hydrogens is 328 g/mol. The molecule has 3 fully saturated rings. The zero-order chi connectivity index (χ0) is 18.1. The minimum atomic E-state index is 0.0590. The fraction of sp³-hybridized carbons (Fsp3) is 0.700. The fourth-order valence-corrected chi connectivity index (χ4v) is 4.39. The van der Waals surface area contributed by atoms with Gasteiger partial charge in [-0.2, -0.15) is 0 Å². The van der Waals surface area contributed by atoms with E-state index in [0.717, 1.165) is 56.7 Å². The summed E-state index contributed by atoms with van der Waals surface area (Å²) in [7, 11) is 0.